The fourth-order valence-corrected chi connectivity index (χ4v) is 3.34. The first-order valence-corrected chi connectivity index (χ1v) is 8.17. The first kappa shape index (κ1) is 14.6. The smallest absolute Gasteiger partial charge is 0.228 e. The Morgan fingerprint density at radius 3 is 2.47 bits per heavy atom. The maximum atomic E-state index is 12.8. The van der Waals surface area contributed by atoms with Crippen molar-refractivity contribution in [3.63, 3.8) is 0 Å². The van der Waals surface area contributed by atoms with E-state index in [-0.39, 0.29) is 5.41 Å². The molecule has 1 aliphatic rings. The molecule has 3 heteroatoms. The zero-order valence-electron chi connectivity index (χ0n) is 11.6. The highest BCUT2D eigenvalue weighted by Crippen LogP contribution is 2.39. The molecule has 0 N–H and O–H groups in total. The van der Waals surface area contributed by atoms with E-state index in [2.05, 4.69) is 35.0 Å². The average Bonchev–Trinajstić information content (AvgIpc) is 2.87. The van der Waals surface area contributed by atoms with E-state index in [1.54, 1.807) is 0 Å². The number of benzene rings is 1. The van der Waals surface area contributed by atoms with E-state index in [9.17, 15) is 4.79 Å². The highest BCUT2D eigenvalue weighted by Gasteiger charge is 2.38. The molecule has 0 bridgehead atoms. The number of halogens is 1. The topological polar surface area (TPSA) is 20.3 Å². The molecule has 1 fully saturated rings. The molecule has 1 amide bonds. The van der Waals surface area contributed by atoms with E-state index in [1.807, 2.05) is 23.1 Å². The summed E-state index contributed by atoms with van der Waals surface area (Å²) in [6, 6.07) is 10.3. The molecule has 0 aromatic heterocycles. The van der Waals surface area contributed by atoms with Gasteiger partial charge in [-0.3, -0.25) is 4.79 Å². The van der Waals surface area contributed by atoms with Crippen LogP contribution < -0.4 is 0 Å². The monoisotopic (exact) mass is 323 g/mol. The Bertz CT molecular complexity index is 412. The molecule has 1 aromatic rings. The number of carbonyl (C=O) groups excluding carboxylic acids is 1. The molecule has 0 saturated heterocycles. The minimum atomic E-state index is -0.128. The minimum Gasteiger partial charge on any atom is -0.337 e. The maximum Gasteiger partial charge on any atom is 0.228 e. The van der Waals surface area contributed by atoms with E-state index in [1.165, 1.54) is 18.4 Å². The second kappa shape index (κ2) is 6.56. The van der Waals surface area contributed by atoms with Gasteiger partial charge in [-0.1, -0.05) is 66.0 Å². The second-order valence-electron chi connectivity index (χ2n) is 5.67. The van der Waals surface area contributed by atoms with Gasteiger partial charge in [0.05, 0.1) is 0 Å². The van der Waals surface area contributed by atoms with Gasteiger partial charge in [-0.25, -0.2) is 0 Å². The highest BCUT2D eigenvalue weighted by atomic mass is 79.9. The van der Waals surface area contributed by atoms with Gasteiger partial charge in [0.2, 0.25) is 5.91 Å². The lowest BCUT2D eigenvalue weighted by Gasteiger charge is -2.31. The number of carbonyl (C=O) groups is 1. The summed E-state index contributed by atoms with van der Waals surface area (Å²) in [4.78, 5) is 14.8. The molecule has 0 atom stereocenters. The number of alkyl halides is 1. The van der Waals surface area contributed by atoms with Gasteiger partial charge in [-0.2, -0.15) is 0 Å². The van der Waals surface area contributed by atoms with E-state index in [0.717, 1.165) is 31.3 Å². The molecule has 2 nitrogen and oxygen atoms in total. The Balaban J connectivity index is 2.09. The fraction of sp³-hybridized carbons (Fsp3) is 0.562. The Morgan fingerprint density at radius 1 is 1.26 bits per heavy atom. The van der Waals surface area contributed by atoms with Crippen LogP contribution in [-0.2, 0) is 11.3 Å². The third-order valence-corrected chi connectivity index (χ3v) is 4.44. The zero-order chi connectivity index (χ0) is 13.7. The van der Waals surface area contributed by atoms with Crippen LogP contribution in [-0.4, -0.2) is 22.7 Å². The van der Waals surface area contributed by atoms with Crippen LogP contribution in [0.2, 0.25) is 0 Å². The molecule has 1 saturated carbocycles. The van der Waals surface area contributed by atoms with E-state index in [4.69, 9.17) is 0 Å². The van der Waals surface area contributed by atoms with E-state index >= 15 is 0 Å². The summed E-state index contributed by atoms with van der Waals surface area (Å²) in [7, 11) is 0. The van der Waals surface area contributed by atoms with Crippen LogP contribution in [0.5, 0.6) is 0 Å². The van der Waals surface area contributed by atoms with Crippen LogP contribution in [0.4, 0.5) is 0 Å². The van der Waals surface area contributed by atoms with Crippen molar-refractivity contribution in [3.05, 3.63) is 35.9 Å². The molecule has 1 aliphatic carbocycles. The Kier molecular flexibility index (Phi) is 5.03. The summed E-state index contributed by atoms with van der Waals surface area (Å²) in [6.45, 7) is 3.64. The van der Waals surface area contributed by atoms with Gasteiger partial charge in [-0.15, -0.1) is 0 Å². The number of hydrogen-bond donors (Lipinski definition) is 0. The molecule has 0 radical (unpaired) electrons. The van der Waals surface area contributed by atoms with Gasteiger partial charge >= 0.3 is 0 Å². The summed E-state index contributed by atoms with van der Waals surface area (Å²) in [5.74, 6) is 0.327. The standard InChI is InChI=1S/C16H22BrNO/c1-16(9-5-6-10-16)15(19)18(12-11-17)13-14-7-3-2-4-8-14/h2-4,7-8H,5-6,9-13H2,1H3. The van der Waals surface area contributed by atoms with E-state index in [0.29, 0.717) is 5.91 Å². The number of rotatable bonds is 5. The lowest BCUT2D eigenvalue weighted by molar-refractivity contribution is -0.141. The Morgan fingerprint density at radius 2 is 1.89 bits per heavy atom. The van der Waals surface area contributed by atoms with Gasteiger partial charge in [0.15, 0.2) is 0 Å². The van der Waals surface area contributed by atoms with Gasteiger partial charge in [0.25, 0.3) is 0 Å². The van der Waals surface area contributed by atoms with Crippen LogP contribution in [0.15, 0.2) is 30.3 Å². The molecular formula is C16H22BrNO. The summed E-state index contributed by atoms with van der Waals surface area (Å²) in [6.07, 6.45) is 4.46. The van der Waals surface area contributed by atoms with Gasteiger partial charge < -0.3 is 4.90 Å². The predicted octanol–water partition coefficient (Wildman–Crippen LogP) is 3.99. The number of nitrogens with zero attached hydrogens (tertiary/aromatic N) is 1. The van der Waals surface area contributed by atoms with Crippen LogP contribution >= 0.6 is 15.9 Å². The van der Waals surface area contributed by atoms with Gasteiger partial charge in [-0.05, 0) is 18.4 Å². The van der Waals surface area contributed by atoms with Crippen LogP contribution in [0.25, 0.3) is 0 Å². The SMILES string of the molecule is CC1(C(=O)N(CCBr)Cc2ccccc2)CCCC1. The minimum absolute atomic E-state index is 0.128. The van der Waals surface area contributed by atoms with Crippen molar-refractivity contribution < 1.29 is 4.79 Å². The van der Waals surface area contributed by atoms with Crippen LogP contribution in [0, 0.1) is 5.41 Å². The largest absolute Gasteiger partial charge is 0.337 e. The lowest BCUT2D eigenvalue weighted by Crippen LogP contribution is -2.41. The fourth-order valence-electron chi connectivity index (χ4n) is 2.91. The predicted molar refractivity (Wildman–Crippen MR) is 82.2 cm³/mol. The summed E-state index contributed by atoms with van der Waals surface area (Å²) < 4.78 is 0. The summed E-state index contributed by atoms with van der Waals surface area (Å²) in [5, 5.41) is 0.835. The molecule has 0 heterocycles. The van der Waals surface area contributed by atoms with Crippen molar-refractivity contribution in [3.8, 4) is 0 Å². The zero-order valence-corrected chi connectivity index (χ0v) is 13.2. The van der Waals surface area contributed by atoms with Crippen LogP contribution in [0.3, 0.4) is 0 Å². The van der Waals surface area contributed by atoms with Crippen molar-refractivity contribution >= 4 is 21.8 Å². The maximum absolute atomic E-state index is 12.8. The molecular weight excluding hydrogens is 302 g/mol. The molecule has 2 rings (SSSR count). The highest BCUT2D eigenvalue weighted by molar-refractivity contribution is 9.09. The van der Waals surface area contributed by atoms with Crippen molar-refractivity contribution in [2.45, 2.75) is 39.2 Å². The van der Waals surface area contributed by atoms with Crippen molar-refractivity contribution in [1.82, 2.24) is 4.90 Å². The lowest BCUT2D eigenvalue weighted by atomic mass is 9.87. The van der Waals surface area contributed by atoms with E-state index < -0.39 is 0 Å². The summed E-state index contributed by atoms with van der Waals surface area (Å²) >= 11 is 3.46. The average molecular weight is 324 g/mol. The third-order valence-electron chi connectivity index (χ3n) is 4.08. The first-order valence-electron chi connectivity index (χ1n) is 7.05. The van der Waals surface area contributed by atoms with Gasteiger partial charge in [0.1, 0.15) is 0 Å². The molecule has 0 aliphatic heterocycles. The molecule has 1 aromatic carbocycles. The molecule has 0 spiro atoms. The molecule has 104 valence electrons. The number of amides is 1. The Hall–Kier alpha value is -0.830. The third kappa shape index (κ3) is 3.59. The normalized spacial score (nSPS) is 17.4. The first-order chi connectivity index (χ1) is 9.15. The molecule has 19 heavy (non-hydrogen) atoms. The van der Waals surface area contributed by atoms with Gasteiger partial charge in [0, 0.05) is 23.8 Å². The van der Waals surface area contributed by atoms with Crippen LogP contribution in [0.1, 0.15) is 38.2 Å². The number of hydrogen-bond acceptors (Lipinski definition) is 1. The molecule has 0 unspecified atom stereocenters. The quantitative estimate of drug-likeness (QED) is 0.750. The van der Waals surface area contributed by atoms with Crippen molar-refractivity contribution in [1.29, 1.82) is 0 Å². The Labute approximate surface area is 124 Å². The summed E-state index contributed by atoms with van der Waals surface area (Å²) in [5.41, 5.74) is 1.08. The van der Waals surface area contributed by atoms with Crippen molar-refractivity contribution in [2.75, 3.05) is 11.9 Å². The van der Waals surface area contributed by atoms with Crippen molar-refractivity contribution in [2.24, 2.45) is 5.41 Å². The second-order valence-corrected chi connectivity index (χ2v) is 6.46.